The van der Waals surface area contributed by atoms with Gasteiger partial charge in [-0.2, -0.15) is 0 Å². The molecule has 2 aliphatic rings. The molecule has 1 aromatic rings. The highest BCUT2D eigenvalue weighted by Crippen LogP contribution is 2.27. The normalized spacial score (nSPS) is 23.3. The smallest absolute Gasteiger partial charge is 0.272 e. The Morgan fingerprint density at radius 3 is 2.78 bits per heavy atom. The Morgan fingerprint density at radius 1 is 1.26 bits per heavy atom. The summed E-state index contributed by atoms with van der Waals surface area (Å²) in [6.45, 7) is 9.27. The number of hydrogen-bond acceptors (Lipinski definition) is 4. The van der Waals surface area contributed by atoms with Gasteiger partial charge in [0.05, 0.1) is 13.2 Å². The highest BCUT2D eigenvalue weighted by atomic mass is 16.5. The Bertz CT molecular complexity index is 541. The number of piperidine rings is 1. The van der Waals surface area contributed by atoms with Gasteiger partial charge >= 0.3 is 0 Å². The van der Waals surface area contributed by atoms with Gasteiger partial charge in [0.2, 0.25) is 0 Å². The van der Waals surface area contributed by atoms with Crippen LogP contribution in [0, 0.1) is 0 Å². The highest BCUT2D eigenvalue weighted by molar-refractivity contribution is 5.92. The van der Waals surface area contributed by atoms with Crippen molar-refractivity contribution in [3.05, 3.63) is 29.6 Å². The van der Waals surface area contributed by atoms with Crippen LogP contribution in [-0.4, -0.2) is 66.1 Å². The van der Waals surface area contributed by atoms with E-state index in [1.807, 2.05) is 17.0 Å². The molecule has 0 radical (unpaired) electrons. The molecule has 23 heavy (non-hydrogen) atoms. The van der Waals surface area contributed by atoms with Crippen LogP contribution in [0.15, 0.2) is 18.2 Å². The van der Waals surface area contributed by atoms with Crippen molar-refractivity contribution in [2.24, 2.45) is 0 Å². The minimum Gasteiger partial charge on any atom is -0.378 e. The lowest BCUT2D eigenvalue weighted by Gasteiger charge is -2.35. The first-order valence-corrected chi connectivity index (χ1v) is 8.73. The minimum absolute atomic E-state index is 0.0340. The first kappa shape index (κ1) is 16.4. The fourth-order valence-electron chi connectivity index (χ4n) is 3.44. The predicted octanol–water partition coefficient (Wildman–Crippen LogP) is 2.14. The number of rotatable bonds is 3. The predicted molar refractivity (Wildman–Crippen MR) is 89.6 cm³/mol. The molecule has 1 amide bonds. The number of hydrogen-bond donors (Lipinski definition) is 0. The van der Waals surface area contributed by atoms with Crippen LogP contribution in [0.1, 0.15) is 48.8 Å². The molecule has 5 nitrogen and oxygen atoms in total. The van der Waals surface area contributed by atoms with E-state index in [1.165, 1.54) is 13.0 Å². The van der Waals surface area contributed by atoms with Crippen LogP contribution in [-0.2, 0) is 4.74 Å². The van der Waals surface area contributed by atoms with E-state index in [9.17, 15) is 4.79 Å². The quantitative estimate of drug-likeness (QED) is 0.857. The van der Waals surface area contributed by atoms with Crippen LogP contribution in [0.5, 0.6) is 0 Å². The monoisotopic (exact) mass is 317 g/mol. The van der Waals surface area contributed by atoms with Gasteiger partial charge in [0.1, 0.15) is 5.69 Å². The summed E-state index contributed by atoms with van der Waals surface area (Å²) in [5.41, 5.74) is 1.64. The van der Waals surface area contributed by atoms with Gasteiger partial charge in [0.25, 0.3) is 5.91 Å². The summed E-state index contributed by atoms with van der Waals surface area (Å²) in [5, 5.41) is 0. The van der Waals surface area contributed by atoms with Crippen molar-refractivity contribution in [2.45, 2.75) is 38.6 Å². The zero-order chi connectivity index (χ0) is 16.2. The SMILES string of the molecule is CC(C)N1CCCC(c2cccc(C(=O)N3CCOCC3)n2)C1. The Hall–Kier alpha value is -1.46. The number of pyridine rings is 1. The maximum absolute atomic E-state index is 12.6. The van der Waals surface area contributed by atoms with Crippen LogP contribution in [0.2, 0.25) is 0 Å². The molecule has 2 aliphatic heterocycles. The van der Waals surface area contributed by atoms with E-state index < -0.39 is 0 Å². The van der Waals surface area contributed by atoms with Crippen molar-refractivity contribution >= 4 is 5.91 Å². The topological polar surface area (TPSA) is 45.7 Å². The molecule has 0 aromatic carbocycles. The Labute approximate surface area is 138 Å². The Balaban J connectivity index is 1.72. The van der Waals surface area contributed by atoms with Crippen molar-refractivity contribution < 1.29 is 9.53 Å². The molecular weight excluding hydrogens is 290 g/mol. The standard InChI is InChI=1S/C18H27N3O2/c1-14(2)21-8-4-5-15(13-21)16-6-3-7-17(19-16)18(22)20-9-11-23-12-10-20/h3,6-7,14-15H,4-5,8-13H2,1-2H3. The van der Waals surface area contributed by atoms with Gasteiger partial charge in [-0.05, 0) is 45.4 Å². The van der Waals surface area contributed by atoms with Gasteiger partial charge in [0, 0.05) is 37.3 Å². The molecular formula is C18H27N3O2. The van der Waals surface area contributed by atoms with Gasteiger partial charge in [0.15, 0.2) is 0 Å². The van der Waals surface area contributed by atoms with Crippen molar-refractivity contribution in [1.82, 2.24) is 14.8 Å². The molecule has 2 fully saturated rings. The fraction of sp³-hybridized carbons (Fsp3) is 0.667. The first-order valence-electron chi connectivity index (χ1n) is 8.73. The molecule has 1 unspecified atom stereocenters. The number of ether oxygens (including phenoxy) is 1. The fourth-order valence-corrected chi connectivity index (χ4v) is 3.44. The van der Waals surface area contributed by atoms with Crippen molar-refractivity contribution in [1.29, 1.82) is 0 Å². The van der Waals surface area contributed by atoms with Crippen molar-refractivity contribution in [2.75, 3.05) is 39.4 Å². The van der Waals surface area contributed by atoms with Gasteiger partial charge in [-0.25, -0.2) is 4.98 Å². The number of aromatic nitrogens is 1. The maximum Gasteiger partial charge on any atom is 0.272 e. The van der Waals surface area contributed by atoms with Gasteiger partial charge in [-0.3, -0.25) is 4.79 Å². The number of carbonyl (C=O) groups is 1. The average molecular weight is 317 g/mol. The third kappa shape index (κ3) is 3.90. The second kappa shape index (κ2) is 7.41. The summed E-state index contributed by atoms with van der Waals surface area (Å²) in [6, 6.07) is 6.45. The summed E-state index contributed by atoms with van der Waals surface area (Å²) >= 11 is 0. The van der Waals surface area contributed by atoms with Crippen LogP contribution in [0.4, 0.5) is 0 Å². The maximum atomic E-state index is 12.6. The van der Waals surface area contributed by atoms with Crippen LogP contribution >= 0.6 is 0 Å². The second-order valence-corrected chi connectivity index (χ2v) is 6.78. The number of carbonyl (C=O) groups excluding carboxylic acids is 1. The van der Waals surface area contributed by atoms with E-state index in [0.29, 0.717) is 44.0 Å². The molecule has 126 valence electrons. The van der Waals surface area contributed by atoms with Crippen molar-refractivity contribution in [3.63, 3.8) is 0 Å². The summed E-state index contributed by atoms with van der Waals surface area (Å²) in [4.78, 5) is 21.7. The van der Waals surface area contributed by atoms with Gasteiger partial charge in [-0.1, -0.05) is 6.07 Å². The van der Waals surface area contributed by atoms with Crippen molar-refractivity contribution in [3.8, 4) is 0 Å². The summed E-state index contributed by atoms with van der Waals surface area (Å²) in [5.74, 6) is 0.468. The third-order valence-electron chi connectivity index (χ3n) is 4.89. The lowest BCUT2D eigenvalue weighted by molar-refractivity contribution is 0.0298. The third-order valence-corrected chi connectivity index (χ3v) is 4.89. The minimum atomic E-state index is 0.0340. The molecule has 0 N–H and O–H groups in total. The van der Waals surface area contributed by atoms with Crippen LogP contribution in [0.25, 0.3) is 0 Å². The molecule has 1 atom stereocenters. The molecule has 2 saturated heterocycles. The molecule has 0 bridgehead atoms. The molecule has 5 heteroatoms. The Kier molecular flexibility index (Phi) is 5.28. The van der Waals surface area contributed by atoms with E-state index >= 15 is 0 Å². The highest BCUT2D eigenvalue weighted by Gasteiger charge is 2.25. The van der Waals surface area contributed by atoms with E-state index in [0.717, 1.165) is 18.7 Å². The molecule has 1 aromatic heterocycles. The number of amides is 1. The van der Waals surface area contributed by atoms with Crippen LogP contribution < -0.4 is 0 Å². The Morgan fingerprint density at radius 2 is 2.04 bits per heavy atom. The van der Waals surface area contributed by atoms with E-state index in [2.05, 4.69) is 24.8 Å². The summed E-state index contributed by atoms with van der Waals surface area (Å²) in [6.07, 6.45) is 2.36. The van der Waals surface area contributed by atoms with E-state index in [4.69, 9.17) is 9.72 Å². The number of nitrogens with zero attached hydrogens (tertiary/aromatic N) is 3. The van der Waals surface area contributed by atoms with Gasteiger partial charge in [-0.15, -0.1) is 0 Å². The van der Waals surface area contributed by atoms with E-state index in [1.54, 1.807) is 0 Å². The summed E-state index contributed by atoms with van der Waals surface area (Å²) < 4.78 is 5.32. The zero-order valence-electron chi connectivity index (χ0n) is 14.2. The van der Waals surface area contributed by atoms with E-state index in [-0.39, 0.29) is 5.91 Å². The molecule has 0 spiro atoms. The van der Waals surface area contributed by atoms with Gasteiger partial charge < -0.3 is 14.5 Å². The largest absolute Gasteiger partial charge is 0.378 e. The average Bonchev–Trinajstić information content (AvgIpc) is 2.62. The zero-order valence-corrected chi connectivity index (χ0v) is 14.2. The molecule has 0 saturated carbocycles. The number of morpholine rings is 1. The summed E-state index contributed by atoms with van der Waals surface area (Å²) in [7, 11) is 0. The molecule has 0 aliphatic carbocycles. The first-order chi connectivity index (χ1) is 11.1. The molecule has 3 rings (SSSR count). The lowest BCUT2D eigenvalue weighted by atomic mass is 9.93. The lowest BCUT2D eigenvalue weighted by Crippen LogP contribution is -2.41. The van der Waals surface area contributed by atoms with Crippen LogP contribution in [0.3, 0.4) is 0 Å². The number of likely N-dealkylation sites (tertiary alicyclic amines) is 1. The second-order valence-electron chi connectivity index (χ2n) is 6.78. The molecule has 3 heterocycles.